The van der Waals surface area contributed by atoms with Gasteiger partial charge in [0.15, 0.2) is 8.32 Å². The molecule has 93 heavy (non-hydrogen) atoms. The van der Waals surface area contributed by atoms with Gasteiger partial charge in [0.1, 0.15) is 36.3 Å². The Kier molecular flexibility index (Phi) is 21.6. The number of hydrogen-bond acceptors (Lipinski definition) is 10. The Balaban J connectivity index is 0.999. The van der Waals surface area contributed by atoms with Gasteiger partial charge in [0.2, 0.25) is 0 Å². The maximum Gasteiger partial charge on any atom is 0.261 e. The van der Waals surface area contributed by atoms with Gasteiger partial charge in [0.25, 0.3) is 16.6 Å². The van der Waals surface area contributed by atoms with E-state index in [1.165, 1.54) is 20.7 Å². The van der Waals surface area contributed by atoms with Crippen molar-refractivity contribution in [3.8, 4) is 0 Å². The van der Waals surface area contributed by atoms with Crippen LogP contribution in [0.5, 0.6) is 0 Å². The summed E-state index contributed by atoms with van der Waals surface area (Å²) in [6.07, 6.45) is 7.86. The molecule has 8 bridgehead atoms. The second kappa shape index (κ2) is 28.5. The largest absolute Gasteiger partial charge is 0.417 e. The summed E-state index contributed by atoms with van der Waals surface area (Å²) in [5.74, 6) is 0.956. The zero-order valence-electron chi connectivity index (χ0n) is 59.2. The third-order valence-electron chi connectivity index (χ3n) is 23.2. The minimum absolute atomic E-state index is 0.0159. The number of benzene rings is 4. The summed E-state index contributed by atoms with van der Waals surface area (Å²) in [5.41, 5.74) is 2.26. The van der Waals surface area contributed by atoms with Crippen LogP contribution in [0, 0.1) is 29.6 Å². The number of allylic oxidation sites excluding steroid dienone is 1. The number of Topliss-reactive ketones (excluding diaryl/α,β-unsaturated/α-hetero) is 1. The van der Waals surface area contributed by atoms with Crippen LogP contribution in [0.3, 0.4) is 0 Å². The highest BCUT2D eigenvalue weighted by molar-refractivity contribution is 7.00. The van der Waals surface area contributed by atoms with Gasteiger partial charge < -0.3 is 41.7 Å². The van der Waals surface area contributed by atoms with Crippen molar-refractivity contribution in [2.45, 2.75) is 274 Å². The first-order valence-corrected chi connectivity index (χ1v) is 42.5. The van der Waals surface area contributed by atoms with E-state index in [4.69, 9.17) is 48.3 Å². The average Bonchev–Trinajstić information content (AvgIpc) is 1.71. The van der Waals surface area contributed by atoms with Crippen molar-refractivity contribution >= 4 is 51.5 Å². The minimum Gasteiger partial charge on any atom is -0.417 e. The third-order valence-corrected chi connectivity index (χ3v) is 37.7. The van der Waals surface area contributed by atoms with Crippen molar-refractivity contribution in [3.63, 3.8) is 0 Å². The number of ether oxygens (including phenoxy) is 6. The normalized spacial score (nSPS) is 34.2. The van der Waals surface area contributed by atoms with Crippen LogP contribution in [0.2, 0.25) is 28.2 Å². The summed E-state index contributed by atoms with van der Waals surface area (Å²) in [5, 5.41) is 4.20. The van der Waals surface area contributed by atoms with Gasteiger partial charge in [-0.05, 0) is 135 Å². The van der Waals surface area contributed by atoms with E-state index in [1.54, 1.807) is 0 Å². The van der Waals surface area contributed by atoms with E-state index in [2.05, 4.69) is 243 Å². The van der Waals surface area contributed by atoms with Crippen LogP contribution in [0.4, 0.5) is 0 Å². The predicted molar refractivity (Wildman–Crippen MR) is 383 cm³/mol. The highest BCUT2D eigenvalue weighted by Crippen LogP contribution is 2.50. The fourth-order valence-electron chi connectivity index (χ4n) is 16.9. The van der Waals surface area contributed by atoms with E-state index in [0.717, 1.165) is 43.3 Å². The Morgan fingerprint density at radius 1 is 0.527 bits per heavy atom. The van der Waals surface area contributed by atoms with Crippen molar-refractivity contribution in [3.05, 3.63) is 158 Å². The Morgan fingerprint density at radius 2 is 1.05 bits per heavy atom. The lowest BCUT2D eigenvalue weighted by molar-refractivity contribution is -0.254. The summed E-state index contributed by atoms with van der Waals surface area (Å²) >= 11 is 0. The first kappa shape index (κ1) is 70.4. The second-order valence-electron chi connectivity index (χ2n) is 33.1. The molecule has 10 nitrogen and oxygen atoms in total. The van der Waals surface area contributed by atoms with Gasteiger partial charge in [-0.25, -0.2) is 0 Å². The highest BCUT2D eigenvalue weighted by atomic mass is 28.4. The zero-order chi connectivity index (χ0) is 66.4. The fourth-order valence-corrected chi connectivity index (χ4v) is 27.4. The molecule has 13 heteroatoms. The molecule has 19 atom stereocenters. The van der Waals surface area contributed by atoms with Gasteiger partial charge in [-0.2, -0.15) is 0 Å². The number of rotatable bonds is 13. The van der Waals surface area contributed by atoms with E-state index < -0.39 is 61.6 Å². The summed E-state index contributed by atoms with van der Waals surface area (Å²) < 4.78 is 68.4. The standard InChI is InChI=1S/C80H114O10Si3/c1-52-38-39-59-47-55(4)67(83-59)42-40-60-46-54(3)56(5)70(84-60)50-71-66(57(6)69(86-71)45-53(2)51-82-91(16,17)78(7,8)9)49-58(81)48-61-41-43-68-73(85-61)77(90-93(80(13,14)15,64-34-26-20-27-35-64)65-36-28-21-29-37-65)76-75(87-68)74(72(44-52)88-76)89-92(79(10,11)12,62-30-22-18-23-31-62)63-32-24-19-25-33-63/h18-39,52-54,57,59-61,66-77H,4-5,40-51H2,1-3,6-17H3/b39-38+/t52?,53-,54+,57+,59-,60-,61+,66?,67?,68-,69?,70?,71-,72+,73-,74-,75-,76+,77-/m0/s1. The lowest BCUT2D eigenvalue weighted by Gasteiger charge is -2.53. The molecule has 7 aliphatic heterocycles. The lowest BCUT2D eigenvalue weighted by Crippen LogP contribution is -2.73. The second-order valence-corrected chi connectivity index (χ2v) is 46.4. The average molecular weight is 1320 g/mol. The minimum atomic E-state index is -3.32. The van der Waals surface area contributed by atoms with Crippen LogP contribution < -0.4 is 20.7 Å². The monoisotopic (exact) mass is 1320 g/mol. The van der Waals surface area contributed by atoms with Crippen molar-refractivity contribution in [2.75, 3.05) is 6.61 Å². The number of carbonyl (C=O) groups excluding carboxylic acids is 1. The number of ketones is 1. The first-order valence-electron chi connectivity index (χ1n) is 35.8. The first-order chi connectivity index (χ1) is 44.1. The molecule has 11 rings (SSSR count). The molecule has 6 fully saturated rings. The quantitative estimate of drug-likeness (QED) is 0.0950. The molecule has 0 spiro atoms. The molecular formula is C80H114O10Si3. The topological polar surface area (TPSA) is 100 Å². The molecule has 0 N–H and O–H groups in total. The van der Waals surface area contributed by atoms with Gasteiger partial charge in [0, 0.05) is 32.3 Å². The summed E-state index contributed by atoms with van der Waals surface area (Å²) in [7, 11) is -8.52. The highest BCUT2D eigenvalue weighted by Gasteiger charge is 2.65. The Morgan fingerprint density at radius 3 is 1.60 bits per heavy atom. The van der Waals surface area contributed by atoms with Gasteiger partial charge in [-0.1, -0.05) is 237 Å². The maximum atomic E-state index is 15.4. The number of fused-ring (bicyclic) bond motifs is 7. The van der Waals surface area contributed by atoms with Crippen molar-refractivity contribution in [1.82, 2.24) is 0 Å². The molecule has 4 aromatic rings. The molecule has 0 aromatic heterocycles. The summed E-state index contributed by atoms with van der Waals surface area (Å²) in [4.78, 5) is 15.4. The van der Waals surface area contributed by atoms with Crippen molar-refractivity contribution in [2.24, 2.45) is 29.6 Å². The summed E-state index contributed by atoms with van der Waals surface area (Å²) in [6.45, 7) is 44.9. The Bertz CT molecular complexity index is 3100. The molecule has 0 radical (unpaired) electrons. The van der Waals surface area contributed by atoms with Gasteiger partial charge in [0.05, 0.1) is 54.9 Å². The van der Waals surface area contributed by atoms with Crippen LogP contribution in [-0.4, -0.2) is 123 Å². The van der Waals surface area contributed by atoms with Crippen LogP contribution in [0.15, 0.2) is 158 Å². The van der Waals surface area contributed by atoms with E-state index in [1.807, 2.05) is 0 Å². The molecule has 0 aliphatic carbocycles. The van der Waals surface area contributed by atoms with Crippen LogP contribution in [0.25, 0.3) is 0 Å². The molecule has 7 heterocycles. The van der Waals surface area contributed by atoms with Crippen LogP contribution in [0.1, 0.15) is 161 Å². The van der Waals surface area contributed by atoms with E-state index >= 15 is 4.79 Å². The Hall–Kier alpha value is -3.94. The molecule has 4 aromatic carbocycles. The summed E-state index contributed by atoms with van der Waals surface area (Å²) in [6, 6.07) is 43.8. The SMILES string of the molecule is C=C1C[C@@H]2/C=C/C(C)C[C@H]3O[C@H]4[C@@H](O[Si](c5ccccc5)(c5ccccc5)C(C)(C)C)[C@H]5O[C@H](CC[C@@H]5O[C@H]4[C@H]3O[Si](c3ccccc3)(c3ccccc3)C(C)(C)C)CC(=O)CC3[C@@H](C)C(C[C@H](C)CO[Si](C)(C)C(C)(C)C)O[C@H]3CC3O[C@@H](CCC1O2)C[C@@H](C)C3=C. The van der Waals surface area contributed by atoms with Crippen molar-refractivity contribution < 1.29 is 46.5 Å². The molecule has 0 amide bonds. The van der Waals surface area contributed by atoms with E-state index in [-0.39, 0.29) is 106 Å². The fraction of sp³-hybridized carbons (Fsp3) is 0.613. The zero-order valence-corrected chi connectivity index (χ0v) is 62.2. The molecule has 5 unspecified atom stereocenters. The van der Waals surface area contributed by atoms with E-state index in [9.17, 15) is 0 Å². The maximum absolute atomic E-state index is 15.4. The Labute approximate surface area is 563 Å². The van der Waals surface area contributed by atoms with Crippen LogP contribution >= 0.6 is 0 Å². The van der Waals surface area contributed by atoms with E-state index in [0.29, 0.717) is 38.7 Å². The number of carbonyl (C=O) groups is 1. The third kappa shape index (κ3) is 14.8. The molecule has 506 valence electrons. The van der Waals surface area contributed by atoms with Gasteiger partial charge in [-0.3, -0.25) is 4.79 Å². The van der Waals surface area contributed by atoms with Gasteiger partial charge in [-0.15, -0.1) is 0 Å². The van der Waals surface area contributed by atoms with Crippen LogP contribution in [-0.2, 0) is 46.5 Å². The molecule has 6 saturated heterocycles. The lowest BCUT2D eigenvalue weighted by atomic mass is 9.78. The van der Waals surface area contributed by atoms with Gasteiger partial charge >= 0.3 is 0 Å². The molecule has 7 aliphatic rings. The molecular weight excluding hydrogens is 1210 g/mol. The number of hydrogen-bond donors (Lipinski definition) is 0. The smallest absolute Gasteiger partial charge is 0.261 e. The predicted octanol–water partition coefficient (Wildman–Crippen LogP) is 15.2. The van der Waals surface area contributed by atoms with Crippen molar-refractivity contribution in [1.29, 1.82) is 0 Å². The molecule has 0 saturated carbocycles.